The van der Waals surface area contributed by atoms with Crippen molar-refractivity contribution in [3.63, 3.8) is 0 Å². The van der Waals surface area contributed by atoms with Crippen LogP contribution in [-0.4, -0.2) is 25.7 Å². The summed E-state index contributed by atoms with van der Waals surface area (Å²) >= 11 is 0. The van der Waals surface area contributed by atoms with E-state index in [0.717, 1.165) is 11.1 Å². The zero-order valence-electron chi connectivity index (χ0n) is 16.2. The highest BCUT2D eigenvalue weighted by molar-refractivity contribution is 7.52. The SMILES string of the molecule is CCOP(=O)(N[C@@H](C)C(=O)OC)Oc1c(C(C)C)cccc1C(C)C. The van der Waals surface area contributed by atoms with Gasteiger partial charge in [-0.3, -0.25) is 9.32 Å². The van der Waals surface area contributed by atoms with E-state index in [-0.39, 0.29) is 18.4 Å². The monoisotopic (exact) mass is 371 g/mol. The summed E-state index contributed by atoms with van der Waals surface area (Å²) in [6.45, 7) is 11.6. The average Bonchev–Trinajstić information content (AvgIpc) is 2.53. The van der Waals surface area contributed by atoms with Gasteiger partial charge in [0.25, 0.3) is 0 Å². The van der Waals surface area contributed by atoms with Crippen LogP contribution >= 0.6 is 7.75 Å². The Morgan fingerprint density at radius 1 is 1.12 bits per heavy atom. The minimum atomic E-state index is -3.75. The van der Waals surface area contributed by atoms with E-state index in [0.29, 0.717) is 5.75 Å². The lowest BCUT2D eigenvalue weighted by Crippen LogP contribution is -2.34. The molecule has 0 heterocycles. The van der Waals surface area contributed by atoms with Crippen LogP contribution in [0.25, 0.3) is 0 Å². The van der Waals surface area contributed by atoms with Gasteiger partial charge in [0.2, 0.25) is 0 Å². The molecule has 0 aromatic heterocycles. The molecule has 7 heteroatoms. The molecule has 0 saturated carbocycles. The van der Waals surface area contributed by atoms with E-state index in [1.165, 1.54) is 7.11 Å². The zero-order chi connectivity index (χ0) is 19.2. The first-order valence-corrected chi connectivity index (χ1v) is 10.1. The fourth-order valence-corrected chi connectivity index (χ4v) is 3.99. The Morgan fingerprint density at radius 2 is 1.64 bits per heavy atom. The minimum Gasteiger partial charge on any atom is -0.468 e. The summed E-state index contributed by atoms with van der Waals surface area (Å²) < 4.78 is 29.2. The van der Waals surface area contributed by atoms with Gasteiger partial charge in [-0.1, -0.05) is 45.9 Å². The molecule has 25 heavy (non-hydrogen) atoms. The van der Waals surface area contributed by atoms with Crippen LogP contribution in [0.4, 0.5) is 0 Å². The Hall–Kier alpha value is -1.36. The molecule has 1 aromatic rings. The van der Waals surface area contributed by atoms with Gasteiger partial charge in [0.15, 0.2) is 0 Å². The van der Waals surface area contributed by atoms with Crippen molar-refractivity contribution in [3.05, 3.63) is 29.3 Å². The summed E-state index contributed by atoms with van der Waals surface area (Å²) in [5.74, 6) is 0.377. The smallest absolute Gasteiger partial charge is 0.459 e. The molecule has 0 aliphatic rings. The van der Waals surface area contributed by atoms with Crippen LogP contribution in [0.5, 0.6) is 5.75 Å². The van der Waals surface area contributed by atoms with Crippen LogP contribution in [0.1, 0.15) is 64.5 Å². The maximum atomic E-state index is 13.2. The quantitative estimate of drug-likeness (QED) is 0.505. The maximum Gasteiger partial charge on any atom is 0.459 e. The Balaban J connectivity index is 3.29. The topological polar surface area (TPSA) is 73.9 Å². The van der Waals surface area contributed by atoms with Gasteiger partial charge in [-0.2, -0.15) is 5.09 Å². The van der Waals surface area contributed by atoms with Crippen molar-refractivity contribution in [1.29, 1.82) is 0 Å². The van der Waals surface area contributed by atoms with Crippen molar-refractivity contribution in [2.24, 2.45) is 0 Å². The molecule has 0 aliphatic heterocycles. The molecule has 1 unspecified atom stereocenters. The summed E-state index contributed by atoms with van der Waals surface area (Å²) in [5, 5.41) is 2.66. The van der Waals surface area contributed by atoms with Crippen molar-refractivity contribution in [2.75, 3.05) is 13.7 Å². The number of methoxy groups -OCH3 is 1. The Labute approximate surface area is 150 Å². The van der Waals surface area contributed by atoms with Gasteiger partial charge in [-0.15, -0.1) is 0 Å². The summed E-state index contributed by atoms with van der Waals surface area (Å²) in [4.78, 5) is 11.7. The van der Waals surface area contributed by atoms with E-state index in [1.54, 1.807) is 13.8 Å². The van der Waals surface area contributed by atoms with E-state index in [4.69, 9.17) is 9.05 Å². The van der Waals surface area contributed by atoms with Crippen LogP contribution in [0.15, 0.2) is 18.2 Å². The van der Waals surface area contributed by atoms with E-state index in [2.05, 4.69) is 9.82 Å². The summed E-state index contributed by atoms with van der Waals surface area (Å²) in [6, 6.07) is 5.04. The second kappa shape index (κ2) is 9.37. The molecule has 1 aromatic carbocycles. The fourth-order valence-electron chi connectivity index (χ4n) is 2.43. The second-order valence-electron chi connectivity index (χ2n) is 6.46. The van der Waals surface area contributed by atoms with Gasteiger partial charge in [0, 0.05) is 0 Å². The number of esters is 1. The summed E-state index contributed by atoms with van der Waals surface area (Å²) in [7, 11) is -2.47. The van der Waals surface area contributed by atoms with Gasteiger partial charge in [-0.25, -0.2) is 4.57 Å². The lowest BCUT2D eigenvalue weighted by molar-refractivity contribution is -0.142. The predicted molar refractivity (Wildman–Crippen MR) is 99.1 cm³/mol. The Morgan fingerprint density at radius 3 is 2.04 bits per heavy atom. The van der Waals surface area contributed by atoms with Crippen molar-refractivity contribution in [1.82, 2.24) is 5.09 Å². The first-order valence-electron chi connectivity index (χ1n) is 8.57. The third kappa shape index (κ3) is 5.84. The normalized spacial score (nSPS) is 15.1. The number of rotatable bonds is 9. The van der Waals surface area contributed by atoms with E-state index in [1.807, 2.05) is 45.9 Å². The first kappa shape index (κ1) is 21.7. The highest BCUT2D eigenvalue weighted by Crippen LogP contribution is 2.49. The van der Waals surface area contributed by atoms with E-state index in [9.17, 15) is 9.36 Å². The average molecular weight is 371 g/mol. The highest BCUT2D eigenvalue weighted by Gasteiger charge is 2.33. The molecule has 0 radical (unpaired) electrons. The number of para-hydroxylation sites is 1. The van der Waals surface area contributed by atoms with Gasteiger partial charge >= 0.3 is 13.7 Å². The van der Waals surface area contributed by atoms with Gasteiger partial charge in [-0.05, 0) is 36.8 Å². The number of carbonyl (C=O) groups is 1. The van der Waals surface area contributed by atoms with Crippen molar-refractivity contribution in [3.8, 4) is 5.75 Å². The molecule has 142 valence electrons. The lowest BCUT2D eigenvalue weighted by atomic mass is 9.94. The highest BCUT2D eigenvalue weighted by atomic mass is 31.2. The molecule has 1 N–H and O–H groups in total. The summed E-state index contributed by atoms with van der Waals surface area (Å²) in [6.07, 6.45) is 0. The molecular weight excluding hydrogens is 341 g/mol. The van der Waals surface area contributed by atoms with Crippen molar-refractivity contribution in [2.45, 2.75) is 59.4 Å². The lowest BCUT2D eigenvalue weighted by Gasteiger charge is -2.26. The third-order valence-electron chi connectivity index (χ3n) is 3.74. The molecule has 2 atom stereocenters. The molecule has 0 saturated heterocycles. The van der Waals surface area contributed by atoms with Crippen LogP contribution in [-0.2, 0) is 18.6 Å². The van der Waals surface area contributed by atoms with Crippen LogP contribution in [0.2, 0.25) is 0 Å². The molecule has 0 bridgehead atoms. The summed E-state index contributed by atoms with van der Waals surface area (Å²) in [5.41, 5.74) is 1.89. The molecular formula is C18H30NO5P. The van der Waals surface area contributed by atoms with Crippen LogP contribution in [0, 0.1) is 0 Å². The van der Waals surface area contributed by atoms with E-state index >= 15 is 0 Å². The zero-order valence-corrected chi connectivity index (χ0v) is 17.1. The molecule has 0 spiro atoms. The van der Waals surface area contributed by atoms with E-state index < -0.39 is 19.8 Å². The largest absolute Gasteiger partial charge is 0.468 e. The van der Waals surface area contributed by atoms with Gasteiger partial charge in [0.05, 0.1) is 13.7 Å². The van der Waals surface area contributed by atoms with Crippen molar-refractivity contribution >= 4 is 13.7 Å². The molecule has 1 rings (SSSR count). The first-order chi connectivity index (χ1) is 11.6. The standard InChI is InChI=1S/C18H30NO5P/c1-8-23-25(21,19-14(6)18(20)22-7)24-17-15(12(2)3)10-9-11-16(17)13(4)5/h9-14H,8H2,1-7H3,(H,19,21)/t14-,25?/m0/s1. The van der Waals surface area contributed by atoms with Gasteiger partial charge < -0.3 is 9.26 Å². The van der Waals surface area contributed by atoms with Crippen molar-refractivity contribution < 1.29 is 23.1 Å². The Bertz CT molecular complexity index is 604. The molecule has 0 fully saturated rings. The Kier molecular flexibility index (Phi) is 8.13. The van der Waals surface area contributed by atoms with Crippen LogP contribution < -0.4 is 9.61 Å². The second-order valence-corrected chi connectivity index (χ2v) is 8.15. The molecule has 0 amide bonds. The number of hydrogen-bond acceptors (Lipinski definition) is 5. The number of ether oxygens (including phenoxy) is 1. The number of carbonyl (C=O) groups excluding carboxylic acids is 1. The number of nitrogens with one attached hydrogen (secondary N) is 1. The maximum absolute atomic E-state index is 13.2. The fraction of sp³-hybridized carbons (Fsp3) is 0.611. The minimum absolute atomic E-state index is 0.180. The molecule has 0 aliphatic carbocycles. The number of hydrogen-bond donors (Lipinski definition) is 1. The molecule has 6 nitrogen and oxygen atoms in total. The van der Waals surface area contributed by atoms with Gasteiger partial charge in [0.1, 0.15) is 11.8 Å². The number of benzene rings is 1. The van der Waals surface area contributed by atoms with Crippen LogP contribution in [0.3, 0.4) is 0 Å². The third-order valence-corrected chi connectivity index (χ3v) is 5.46. The predicted octanol–water partition coefficient (Wildman–Crippen LogP) is 4.61.